The summed E-state index contributed by atoms with van der Waals surface area (Å²) >= 11 is 0. The second-order valence-corrected chi connectivity index (χ2v) is 7.87. The SMILES string of the molecule is O=C(O)CC[C@H](NC(=O)c1ccc2c(c1)Cc1ccccc1-2)C(=O)NCc1ccccc1. The Bertz CT molecular complexity index is 1160. The number of fused-ring (bicyclic) bond motifs is 3. The number of nitrogens with one attached hydrogen (secondary N) is 2. The minimum Gasteiger partial charge on any atom is -0.481 e. The molecule has 3 aromatic carbocycles. The van der Waals surface area contributed by atoms with Gasteiger partial charge in [-0.2, -0.15) is 0 Å². The molecule has 3 aromatic rings. The zero-order valence-electron chi connectivity index (χ0n) is 17.5. The lowest BCUT2D eigenvalue weighted by Gasteiger charge is -2.18. The molecule has 1 atom stereocenters. The predicted octanol–water partition coefficient (Wildman–Crippen LogP) is 3.54. The van der Waals surface area contributed by atoms with Gasteiger partial charge in [-0.05, 0) is 52.8 Å². The quantitative estimate of drug-likeness (QED) is 0.400. The molecule has 0 spiro atoms. The molecule has 0 aromatic heterocycles. The lowest BCUT2D eigenvalue weighted by molar-refractivity contribution is -0.137. The van der Waals surface area contributed by atoms with Gasteiger partial charge in [-0.3, -0.25) is 14.4 Å². The molecule has 0 saturated carbocycles. The van der Waals surface area contributed by atoms with Crippen molar-refractivity contribution in [3.63, 3.8) is 0 Å². The summed E-state index contributed by atoms with van der Waals surface area (Å²) in [5.41, 5.74) is 5.94. The highest BCUT2D eigenvalue weighted by molar-refractivity contribution is 5.98. The largest absolute Gasteiger partial charge is 0.481 e. The standard InChI is InChI=1S/C26H24N2O4/c29-24(30)13-12-23(26(32)27-16-17-6-2-1-3-7-17)28-25(31)19-10-11-22-20(15-19)14-18-8-4-5-9-21(18)22/h1-11,15,23H,12-14,16H2,(H,27,32)(H,28,31)(H,29,30)/t23-/m0/s1. The van der Waals surface area contributed by atoms with Crippen LogP contribution in [0.3, 0.4) is 0 Å². The van der Waals surface area contributed by atoms with Crippen LogP contribution in [-0.2, 0) is 22.6 Å². The Balaban J connectivity index is 1.45. The zero-order valence-corrected chi connectivity index (χ0v) is 17.5. The van der Waals surface area contributed by atoms with E-state index in [1.54, 1.807) is 6.07 Å². The molecular weight excluding hydrogens is 404 g/mol. The van der Waals surface area contributed by atoms with Gasteiger partial charge in [0, 0.05) is 18.5 Å². The summed E-state index contributed by atoms with van der Waals surface area (Å²) in [5.74, 6) is -1.82. The molecule has 3 N–H and O–H groups in total. The first kappa shape index (κ1) is 21.3. The van der Waals surface area contributed by atoms with E-state index in [9.17, 15) is 14.4 Å². The van der Waals surface area contributed by atoms with Gasteiger partial charge in [0.05, 0.1) is 0 Å². The van der Waals surface area contributed by atoms with E-state index in [1.165, 1.54) is 11.1 Å². The van der Waals surface area contributed by atoms with Crippen molar-refractivity contribution in [2.75, 3.05) is 0 Å². The van der Waals surface area contributed by atoms with Crippen LogP contribution in [0.2, 0.25) is 0 Å². The fraction of sp³-hybridized carbons (Fsp3) is 0.192. The summed E-state index contributed by atoms with van der Waals surface area (Å²) < 4.78 is 0. The summed E-state index contributed by atoms with van der Waals surface area (Å²) in [6.45, 7) is 0.302. The maximum Gasteiger partial charge on any atom is 0.303 e. The summed E-state index contributed by atoms with van der Waals surface area (Å²) in [6, 6.07) is 22.1. The minimum atomic E-state index is -1.02. The molecule has 6 nitrogen and oxygen atoms in total. The van der Waals surface area contributed by atoms with E-state index in [2.05, 4.69) is 22.8 Å². The molecule has 4 rings (SSSR count). The van der Waals surface area contributed by atoms with E-state index >= 15 is 0 Å². The van der Waals surface area contributed by atoms with E-state index in [0.29, 0.717) is 12.1 Å². The Kier molecular flexibility index (Phi) is 6.31. The van der Waals surface area contributed by atoms with Gasteiger partial charge in [0.1, 0.15) is 6.04 Å². The van der Waals surface area contributed by atoms with E-state index in [1.807, 2.05) is 54.6 Å². The summed E-state index contributed by atoms with van der Waals surface area (Å²) in [5, 5.41) is 14.6. The molecule has 2 amide bonds. The van der Waals surface area contributed by atoms with Gasteiger partial charge in [-0.25, -0.2) is 0 Å². The Hall–Kier alpha value is -3.93. The molecule has 0 fully saturated rings. The van der Waals surface area contributed by atoms with Crippen molar-refractivity contribution in [3.8, 4) is 11.1 Å². The van der Waals surface area contributed by atoms with Crippen LogP contribution < -0.4 is 10.6 Å². The summed E-state index contributed by atoms with van der Waals surface area (Å²) in [6.07, 6.45) is 0.550. The minimum absolute atomic E-state index is 0.0120. The van der Waals surface area contributed by atoms with Crippen LogP contribution in [0.4, 0.5) is 0 Å². The third kappa shape index (κ3) is 4.86. The van der Waals surface area contributed by atoms with Crippen LogP contribution in [0.5, 0.6) is 0 Å². The molecule has 162 valence electrons. The first-order chi connectivity index (χ1) is 15.5. The first-order valence-electron chi connectivity index (χ1n) is 10.6. The van der Waals surface area contributed by atoms with Crippen molar-refractivity contribution in [2.24, 2.45) is 0 Å². The highest BCUT2D eigenvalue weighted by atomic mass is 16.4. The molecule has 1 aliphatic carbocycles. The molecule has 6 heteroatoms. The van der Waals surface area contributed by atoms with E-state index in [4.69, 9.17) is 5.11 Å². The van der Waals surface area contributed by atoms with Crippen molar-refractivity contribution in [1.82, 2.24) is 10.6 Å². The van der Waals surface area contributed by atoms with Crippen molar-refractivity contribution in [3.05, 3.63) is 95.1 Å². The number of benzene rings is 3. The predicted molar refractivity (Wildman–Crippen MR) is 121 cm³/mol. The second-order valence-electron chi connectivity index (χ2n) is 7.87. The number of hydrogen-bond donors (Lipinski definition) is 3. The van der Waals surface area contributed by atoms with Crippen LogP contribution in [0.25, 0.3) is 11.1 Å². The fourth-order valence-electron chi connectivity index (χ4n) is 3.97. The van der Waals surface area contributed by atoms with Gasteiger partial charge in [-0.1, -0.05) is 60.7 Å². The van der Waals surface area contributed by atoms with E-state index in [-0.39, 0.29) is 12.8 Å². The van der Waals surface area contributed by atoms with E-state index in [0.717, 1.165) is 23.1 Å². The lowest BCUT2D eigenvalue weighted by atomic mass is 10.0. The molecule has 0 radical (unpaired) electrons. The molecule has 0 bridgehead atoms. The van der Waals surface area contributed by atoms with Crippen LogP contribution in [0.1, 0.15) is 39.9 Å². The van der Waals surface area contributed by atoms with Gasteiger partial charge in [0.2, 0.25) is 5.91 Å². The maximum atomic E-state index is 12.9. The lowest BCUT2D eigenvalue weighted by Crippen LogP contribution is -2.46. The molecule has 0 unspecified atom stereocenters. The van der Waals surface area contributed by atoms with Crippen LogP contribution in [0.15, 0.2) is 72.8 Å². The summed E-state index contributed by atoms with van der Waals surface area (Å²) in [7, 11) is 0. The molecule has 0 aliphatic heterocycles. The number of carboxylic acid groups (broad SMARTS) is 1. The average molecular weight is 428 g/mol. The molecule has 32 heavy (non-hydrogen) atoms. The number of rotatable bonds is 8. The van der Waals surface area contributed by atoms with Crippen molar-refractivity contribution < 1.29 is 19.5 Å². The molecule has 0 saturated heterocycles. The normalized spacial score (nSPS) is 12.4. The zero-order chi connectivity index (χ0) is 22.5. The Morgan fingerprint density at radius 2 is 1.59 bits per heavy atom. The number of aliphatic carboxylic acids is 1. The molecular formula is C26H24N2O4. The number of amides is 2. The van der Waals surface area contributed by atoms with Crippen LogP contribution >= 0.6 is 0 Å². The number of carbonyl (C=O) groups is 3. The highest BCUT2D eigenvalue weighted by Gasteiger charge is 2.24. The van der Waals surface area contributed by atoms with Gasteiger partial charge in [0.25, 0.3) is 5.91 Å². The van der Waals surface area contributed by atoms with Gasteiger partial charge >= 0.3 is 5.97 Å². The Labute approximate surface area is 186 Å². The first-order valence-corrected chi connectivity index (χ1v) is 10.6. The molecule has 0 heterocycles. The van der Waals surface area contributed by atoms with Crippen molar-refractivity contribution >= 4 is 17.8 Å². The Morgan fingerprint density at radius 3 is 2.38 bits per heavy atom. The number of hydrogen-bond acceptors (Lipinski definition) is 3. The van der Waals surface area contributed by atoms with E-state index < -0.39 is 23.8 Å². The van der Waals surface area contributed by atoms with Crippen molar-refractivity contribution in [2.45, 2.75) is 31.8 Å². The van der Waals surface area contributed by atoms with Crippen LogP contribution in [-0.4, -0.2) is 28.9 Å². The number of carboxylic acids is 1. The van der Waals surface area contributed by atoms with Gasteiger partial charge < -0.3 is 15.7 Å². The smallest absolute Gasteiger partial charge is 0.303 e. The summed E-state index contributed by atoms with van der Waals surface area (Å²) in [4.78, 5) is 36.7. The van der Waals surface area contributed by atoms with Gasteiger partial charge in [0.15, 0.2) is 0 Å². The third-order valence-corrected chi connectivity index (χ3v) is 5.63. The number of carbonyl (C=O) groups excluding carboxylic acids is 2. The maximum absolute atomic E-state index is 12.9. The van der Waals surface area contributed by atoms with Crippen LogP contribution in [0, 0.1) is 0 Å². The topological polar surface area (TPSA) is 95.5 Å². The molecule has 1 aliphatic rings. The highest BCUT2D eigenvalue weighted by Crippen LogP contribution is 2.36. The third-order valence-electron chi connectivity index (χ3n) is 5.63. The monoisotopic (exact) mass is 428 g/mol. The second kappa shape index (κ2) is 9.47. The average Bonchev–Trinajstić information content (AvgIpc) is 3.18. The van der Waals surface area contributed by atoms with Gasteiger partial charge in [-0.15, -0.1) is 0 Å². The fourth-order valence-corrected chi connectivity index (χ4v) is 3.97. The van der Waals surface area contributed by atoms with Crippen molar-refractivity contribution in [1.29, 1.82) is 0 Å². The Morgan fingerprint density at radius 1 is 0.875 bits per heavy atom.